The van der Waals surface area contributed by atoms with Crippen molar-refractivity contribution in [3.05, 3.63) is 23.8 Å². The molecule has 0 unspecified atom stereocenters. The maximum absolute atomic E-state index is 11.8. The van der Waals surface area contributed by atoms with Gasteiger partial charge in [0.05, 0.1) is 20.8 Å². The standard InChI is InChI=1S/C13H18O4/c1-4-17-8-7-11(14)10-5-6-12(15-2)13(9-10)16-3/h5-6,9H,4,7-8H2,1-3H3. The van der Waals surface area contributed by atoms with Gasteiger partial charge < -0.3 is 14.2 Å². The molecule has 0 radical (unpaired) electrons. The minimum Gasteiger partial charge on any atom is -0.493 e. The Morgan fingerprint density at radius 1 is 1.18 bits per heavy atom. The summed E-state index contributed by atoms with van der Waals surface area (Å²) in [6, 6.07) is 5.15. The van der Waals surface area contributed by atoms with Crippen molar-refractivity contribution in [1.29, 1.82) is 0 Å². The van der Waals surface area contributed by atoms with Gasteiger partial charge in [-0.3, -0.25) is 4.79 Å². The van der Waals surface area contributed by atoms with E-state index >= 15 is 0 Å². The van der Waals surface area contributed by atoms with E-state index in [0.717, 1.165) is 0 Å². The first-order chi connectivity index (χ1) is 8.22. The Labute approximate surface area is 101 Å². The molecule has 0 aliphatic rings. The summed E-state index contributed by atoms with van der Waals surface area (Å²) in [5.74, 6) is 1.23. The smallest absolute Gasteiger partial charge is 0.165 e. The third-order valence-electron chi connectivity index (χ3n) is 2.38. The average molecular weight is 238 g/mol. The third kappa shape index (κ3) is 3.75. The summed E-state index contributed by atoms with van der Waals surface area (Å²) in [6.45, 7) is 2.98. The van der Waals surface area contributed by atoms with E-state index < -0.39 is 0 Å². The molecular formula is C13H18O4. The lowest BCUT2D eigenvalue weighted by Crippen LogP contribution is -2.05. The van der Waals surface area contributed by atoms with Crippen molar-refractivity contribution in [2.45, 2.75) is 13.3 Å². The zero-order chi connectivity index (χ0) is 12.7. The molecule has 94 valence electrons. The van der Waals surface area contributed by atoms with Crippen molar-refractivity contribution in [3.8, 4) is 11.5 Å². The van der Waals surface area contributed by atoms with E-state index in [9.17, 15) is 4.79 Å². The Kier molecular flexibility index (Phi) is 5.49. The van der Waals surface area contributed by atoms with Gasteiger partial charge in [0.2, 0.25) is 0 Å². The summed E-state index contributed by atoms with van der Waals surface area (Å²) in [5.41, 5.74) is 0.613. The molecule has 1 rings (SSSR count). The van der Waals surface area contributed by atoms with Gasteiger partial charge in [-0.05, 0) is 25.1 Å². The van der Waals surface area contributed by atoms with E-state index in [-0.39, 0.29) is 5.78 Å². The van der Waals surface area contributed by atoms with Gasteiger partial charge >= 0.3 is 0 Å². The van der Waals surface area contributed by atoms with Crippen molar-refractivity contribution < 1.29 is 19.0 Å². The maximum atomic E-state index is 11.8. The predicted octanol–water partition coefficient (Wildman–Crippen LogP) is 2.31. The minimum atomic E-state index is 0.0411. The lowest BCUT2D eigenvalue weighted by atomic mass is 10.1. The molecule has 17 heavy (non-hydrogen) atoms. The maximum Gasteiger partial charge on any atom is 0.165 e. The van der Waals surface area contributed by atoms with Gasteiger partial charge in [-0.15, -0.1) is 0 Å². The van der Waals surface area contributed by atoms with Gasteiger partial charge in [0.1, 0.15) is 0 Å². The molecule has 0 heterocycles. The number of hydrogen-bond donors (Lipinski definition) is 0. The number of benzene rings is 1. The van der Waals surface area contributed by atoms with Crippen molar-refractivity contribution >= 4 is 5.78 Å². The van der Waals surface area contributed by atoms with Crippen LogP contribution < -0.4 is 9.47 Å². The van der Waals surface area contributed by atoms with Crippen molar-refractivity contribution in [2.75, 3.05) is 27.4 Å². The van der Waals surface area contributed by atoms with E-state index in [1.54, 1.807) is 32.4 Å². The van der Waals surface area contributed by atoms with E-state index in [1.165, 1.54) is 0 Å². The van der Waals surface area contributed by atoms with Crippen molar-refractivity contribution in [2.24, 2.45) is 0 Å². The molecule has 1 aromatic rings. The Morgan fingerprint density at radius 3 is 2.47 bits per heavy atom. The first-order valence-electron chi connectivity index (χ1n) is 5.55. The highest BCUT2D eigenvalue weighted by Crippen LogP contribution is 2.27. The van der Waals surface area contributed by atoms with E-state index in [0.29, 0.717) is 36.7 Å². The quantitative estimate of drug-likeness (QED) is 0.540. The summed E-state index contributed by atoms with van der Waals surface area (Å²) in [7, 11) is 3.11. The molecule has 4 heteroatoms. The highest BCUT2D eigenvalue weighted by molar-refractivity contribution is 5.96. The molecule has 0 aromatic heterocycles. The number of hydrogen-bond acceptors (Lipinski definition) is 4. The van der Waals surface area contributed by atoms with E-state index in [1.807, 2.05) is 6.92 Å². The number of ether oxygens (including phenoxy) is 3. The number of Topliss-reactive ketones (excluding diaryl/α,β-unsaturated/α-hetero) is 1. The molecule has 0 aliphatic carbocycles. The van der Waals surface area contributed by atoms with Gasteiger partial charge in [-0.2, -0.15) is 0 Å². The van der Waals surface area contributed by atoms with Crippen LogP contribution >= 0.6 is 0 Å². The molecule has 0 fully saturated rings. The zero-order valence-corrected chi connectivity index (χ0v) is 10.5. The Morgan fingerprint density at radius 2 is 1.88 bits per heavy atom. The van der Waals surface area contributed by atoms with Crippen LogP contribution in [0.5, 0.6) is 11.5 Å². The fourth-order valence-corrected chi connectivity index (χ4v) is 1.46. The van der Waals surface area contributed by atoms with Gasteiger partial charge in [-0.1, -0.05) is 0 Å². The SMILES string of the molecule is CCOCCC(=O)c1ccc(OC)c(OC)c1. The molecule has 0 atom stereocenters. The Balaban J connectivity index is 2.74. The summed E-state index contributed by atoms with van der Waals surface area (Å²) < 4.78 is 15.4. The fourth-order valence-electron chi connectivity index (χ4n) is 1.46. The lowest BCUT2D eigenvalue weighted by molar-refractivity contribution is 0.0895. The Hall–Kier alpha value is -1.55. The highest BCUT2D eigenvalue weighted by Gasteiger charge is 2.10. The summed E-state index contributed by atoms with van der Waals surface area (Å²) in [4.78, 5) is 11.8. The first kappa shape index (κ1) is 13.5. The second-order valence-corrected chi connectivity index (χ2v) is 3.44. The van der Waals surface area contributed by atoms with Crippen LogP contribution in [0.3, 0.4) is 0 Å². The van der Waals surface area contributed by atoms with E-state index in [4.69, 9.17) is 14.2 Å². The fraction of sp³-hybridized carbons (Fsp3) is 0.462. The second kappa shape index (κ2) is 6.91. The van der Waals surface area contributed by atoms with Gasteiger partial charge in [0.15, 0.2) is 17.3 Å². The molecule has 0 saturated heterocycles. The van der Waals surface area contributed by atoms with Crippen LogP contribution in [0.1, 0.15) is 23.7 Å². The molecule has 0 spiro atoms. The first-order valence-corrected chi connectivity index (χ1v) is 5.55. The monoisotopic (exact) mass is 238 g/mol. The summed E-state index contributed by atoms with van der Waals surface area (Å²) >= 11 is 0. The van der Waals surface area contributed by atoms with Crippen LogP contribution in [0.4, 0.5) is 0 Å². The van der Waals surface area contributed by atoms with Gasteiger partial charge in [0, 0.05) is 18.6 Å². The zero-order valence-electron chi connectivity index (χ0n) is 10.5. The van der Waals surface area contributed by atoms with Gasteiger partial charge in [0.25, 0.3) is 0 Å². The molecule has 1 aromatic carbocycles. The van der Waals surface area contributed by atoms with Gasteiger partial charge in [-0.25, -0.2) is 0 Å². The molecule has 0 saturated carbocycles. The molecule has 4 nitrogen and oxygen atoms in total. The summed E-state index contributed by atoms with van der Waals surface area (Å²) in [6.07, 6.45) is 0.378. The molecular weight excluding hydrogens is 220 g/mol. The van der Waals surface area contributed by atoms with Crippen LogP contribution in [-0.4, -0.2) is 33.2 Å². The van der Waals surface area contributed by atoms with Crippen molar-refractivity contribution in [1.82, 2.24) is 0 Å². The number of carbonyl (C=O) groups excluding carboxylic acids is 1. The van der Waals surface area contributed by atoms with Crippen LogP contribution in [0.2, 0.25) is 0 Å². The topological polar surface area (TPSA) is 44.8 Å². The normalized spacial score (nSPS) is 10.1. The number of carbonyl (C=O) groups is 1. The predicted molar refractivity (Wildman–Crippen MR) is 65.0 cm³/mol. The Bertz CT molecular complexity index is 374. The number of rotatable bonds is 7. The van der Waals surface area contributed by atoms with E-state index in [2.05, 4.69) is 0 Å². The molecule has 0 amide bonds. The van der Waals surface area contributed by atoms with Crippen LogP contribution in [0, 0.1) is 0 Å². The molecule has 0 N–H and O–H groups in total. The number of methoxy groups -OCH3 is 2. The average Bonchev–Trinajstić information content (AvgIpc) is 2.38. The highest BCUT2D eigenvalue weighted by atomic mass is 16.5. The lowest BCUT2D eigenvalue weighted by Gasteiger charge is -2.09. The molecule has 0 aliphatic heterocycles. The summed E-state index contributed by atoms with van der Waals surface area (Å²) in [5, 5.41) is 0. The van der Waals surface area contributed by atoms with Crippen LogP contribution in [0.15, 0.2) is 18.2 Å². The minimum absolute atomic E-state index is 0.0411. The van der Waals surface area contributed by atoms with Crippen LogP contribution in [0.25, 0.3) is 0 Å². The third-order valence-corrected chi connectivity index (χ3v) is 2.38. The number of ketones is 1. The molecule has 0 bridgehead atoms. The second-order valence-electron chi connectivity index (χ2n) is 3.44. The van der Waals surface area contributed by atoms with Crippen LogP contribution in [-0.2, 0) is 4.74 Å². The van der Waals surface area contributed by atoms with Crippen molar-refractivity contribution in [3.63, 3.8) is 0 Å². The largest absolute Gasteiger partial charge is 0.493 e.